The minimum atomic E-state index is -0.218. The van der Waals surface area contributed by atoms with E-state index in [4.69, 9.17) is 10.5 Å². The zero-order valence-corrected chi connectivity index (χ0v) is 13.0. The van der Waals surface area contributed by atoms with E-state index in [2.05, 4.69) is 49.5 Å². The van der Waals surface area contributed by atoms with Gasteiger partial charge in [-0.25, -0.2) is 0 Å². The molecule has 0 aromatic heterocycles. The first-order valence-electron chi connectivity index (χ1n) is 7.23. The topological polar surface area (TPSA) is 47.3 Å². The van der Waals surface area contributed by atoms with Gasteiger partial charge in [0.1, 0.15) is 5.75 Å². The lowest BCUT2D eigenvalue weighted by Crippen LogP contribution is -2.44. The number of rotatable bonds is 6. The second kappa shape index (κ2) is 6.64. The Morgan fingerprint density at radius 2 is 1.76 bits per heavy atom. The van der Waals surface area contributed by atoms with Crippen molar-refractivity contribution in [3.05, 3.63) is 59.7 Å². The van der Waals surface area contributed by atoms with Crippen LogP contribution < -0.4 is 15.8 Å². The van der Waals surface area contributed by atoms with E-state index in [0.717, 1.165) is 23.4 Å². The Bertz CT molecular complexity index is 580. The number of hydrogen-bond acceptors (Lipinski definition) is 3. The molecule has 1 unspecified atom stereocenters. The van der Waals surface area contributed by atoms with Gasteiger partial charge in [0.25, 0.3) is 0 Å². The Balaban J connectivity index is 2.18. The zero-order valence-electron chi connectivity index (χ0n) is 13.0. The fourth-order valence-corrected chi connectivity index (χ4v) is 2.42. The van der Waals surface area contributed by atoms with Gasteiger partial charge in [0.2, 0.25) is 0 Å². The fourth-order valence-electron chi connectivity index (χ4n) is 2.42. The largest absolute Gasteiger partial charge is 0.496 e. The molecule has 0 aliphatic heterocycles. The van der Waals surface area contributed by atoms with Gasteiger partial charge in [-0.3, -0.25) is 0 Å². The highest BCUT2D eigenvalue weighted by Gasteiger charge is 2.24. The number of hydrogen-bond donors (Lipinski definition) is 2. The summed E-state index contributed by atoms with van der Waals surface area (Å²) < 4.78 is 5.43. The molecule has 1 atom stereocenters. The van der Waals surface area contributed by atoms with Gasteiger partial charge >= 0.3 is 0 Å². The third-order valence-electron chi connectivity index (χ3n) is 3.72. The Morgan fingerprint density at radius 1 is 1.10 bits per heavy atom. The van der Waals surface area contributed by atoms with Crippen molar-refractivity contribution in [1.82, 2.24) is 0 Å². The molecule has 0 bridgehead atoms. The summed E-state index contributed by atoms with van der Waals surface area (Å²) in [6.07, 6.45) is 0.807. The molecule has 0 saturated carbocycles. The van der Waals surface area contributed by atoms with Crippen LogP contribution in [-0.4, -0.2) is 19.2 Å². The van der Waals surface area contributed by atoms with Crippen LogP contribution in [0.25, 0.3) is 0 Å². The zero-order chi connectivity index (χ0) is 15.3. The average molecular weight is 284 g/mol. The number of aryl methyl sites for hydroxylation is 1. The van der Waals surface area contributed by atoms with Gasteiger partial charge in [0.15, 0.2) is 0 Å². The van der Waals surface area contributed by atoms with Gasteiger partial charge in [-0.2, -0.15) is 0 Å². The number of ether oxygens (including phenoxy) is 1. The molecule has 21 heavy (non-hydrogen) atoms. The summed E-state index contributed by atoms with van der Waals surface area (Å²) >= 11 is 0. The van der Waals surface area contributed by atoms with E-state index in [1.54, 1.807) is 7.11 Å². The van der Waals surface area contributed by atoms with Crippen molar-refractivity contribution in [3.63, 3.8) is 0 Å². The second-order valence-corrected chi connectivity index (χ2v) is 5.74. The fraction of sp³-hybridized carbons (Fsp3) is 0.333. The highest BCUT2D eigenvalue weighted by Crippen LogP contribution is 2.25. The molecule has 3 nitrogen and oxygen atoms in total. The third-order valence-corrected chi connectivity index (χ3v) is 3.72. The molecule has 0 aliphatic rings. The molecular weight excluding hydrogens is 260 g/mol. The predicted molar refractivity (Wildman–Crippen MR) is 89.0 cm³/mol. The van der Waals surface area contributed by atoms with E-state index in [-0.39, 0.29) is 5.54 Å². The van der Waals surface area contributed by atoms with E-state index in [0.29, 0.717) is 6.54 Å². The van der Waals surface area contributed by atoms with Crippen molar-refractivity contribution in [2.24, 2.45) is 5.73 Å². The summed E-state index contributed by atoms with van der Waals surface area (Å²) in [5.41, 5.74) is 9.30. The highest BCUT2D eigenvalue weighted by atomic mass is 16.5. The van der Waals surface area contributed by atoms with Gasteiger partial charge in [0, 0.05) is 12.2 Å². The summed E-state index contributed by atoms with van der Waals surface area (Å²) in [5, 5.41) is 3.55. The monoisotopic (exact) mass is 284 g/mol. The van der Waals surface area contributed by atoms with Crippen molar-refractivity contribution in [2.45, 2.75) is 25.8 Å². The quantitative estimate of drug-likeness (QED) is 0.855. The number of nitrogens with one attached hydrogen (secondary N) is 1. The number of benzene rings is 2. The Hall–Kier alpha value is -2.00. The first-order valence-corrected chi connectivity index (χ1v) is 7.23. The molecular formula is C18H24N2O. The number of methoxy groups -OCH3 is 1. The van der Waals surface area contributed by atoms with Crippen LogP contribution in [0, 0.1) is 6.92 Å². The molecule has 3 N–H and O–H groups in total. The van der Waals surface area contributed by atoms with Crippen LogP contribution in [0.5, 0.6) is 5.75 Å². The first kappa shape index (κ1) is 15.4. The second-order valence-electron chi connectivity index (χ2n) is 5.74. The van der Waals surface area contributed by atoms with E-state index in [1.807, 2.05) is 18.2 Å². The summed E-state index contributed by atoms with van der Waals surface area (Å²) in [5.74, 6) is 0.905. The minimum Gasteiger partial charge on any atom is -0.496 e. The maximum Gasteiger partial charge on any atom is 0.122 e. The molecule has 0 spiro atoms. The third kappa shape index (κ3) is 3.99. The molecule has 0 radical (unpaired) electrons. The van der Waals surface area contributed by atoms with Gasteiger partial charge in [-0.15, -0.1) is 0 Å². The number of anilines is 1. The van der Waals surface area contributed by atoms with E-state index in [1.165, 1.54) is 5.56 Å². The van der Waals surface area contributed by atoms with E-state index in [9.17, 15) is 0 Å². The lowest BCUT2D eigenvalue weighted by molar-refractivity contribution is 0.403. The molecule has 112 valence electrons. The molecule has 0 fully saturated rings. The van der Waals surface area contributed by atoms with Gasteiger partial charge < -0.3 is 15.8 Å². The van der Waals surface area contributed by atoms with Crippen LogP contribution in [0.15, 0.2) is 48.5 Å². The summed E-state index contributed by atoms with van der Waals surface area (Å²) in [6, 6.07) is 16.5. The average Bonchev–Trinajstić information content (AvgIpc) is 2.50. The predicted octanol–water partition coefficient (Wildman–Crippen LogP) is 3.38. The Morgan fingerprint density at radius 3 is 2.38 bits per heavy atom. The number of para-hydroxylation sites is 1. The van der Waals surface area contributed by atoms with E-state index >= 15 is 0 Å². The minimum absolute atomic E-state index is 0.218. The highest BCUT2D eigenvalue weighted by molar-refractivity contribution is 5.48. The summed E-state index contributed by atoms with van der Waals surface area (Å²) in [6.45, 7) is 4.76. The molecule has 0 aliphatic carbocycles. The molecule has 2 aromatic carbocycles. The van der Waals surface area contributed by atoms with Crippen molar-refractivity contribution < 1.29 is 4.74 Å². The Kier molecular flexibility index (Phi) is 4.86. The standard InChI is InChI=1S/C18H24N2O/c1-14-8-10-16(11-9-14)20-18(2,13-19)12-15-6-4-5-7-17(15)21-3/h4-11,20H,12-13,19H2,1-3H3. The molecule has 2 rings (SSSR count). The summed E-state index contributed by atoms with van der Waals surface area (Å²) in [7, 11) is 1.70. The Labute approximate surface area is 127 Å². The molecule has 2 aromatic rings. The molecule has 0 amide bonds. The lowest BCUT2D eigenvalue weighted by Gasteiger charge is -2.31. The van der Waals surface area contributed by atoms with Gasteiger partial charge in [0.05, 0.1) is 12.6 Å². The maximum absolute atomic E-state index is 6.02. The molecule has 0 heterocycles. The maximum atomic E-state index is 6.02. The molecule has 0 saturated heterocycles. The first-order chi connectivity index (χ1) is 10.1. The van der Waals surface area contributed by atoms with Crippen LogP contribution in [0.2, 0.25) is 0 Å². The van der Waals surface area contributed by atoms with Crippen LogP contribution in [-0.2, 0) is 6.42 Å². The lowest BCUT2D eigenvalue weighted by atomic mass is 9.92. The van der Waals surface area contributed by atoms with Crippen molar-refractivity contribution in [1.29, 1.82) is 0 Å². The van der Waals surface area contributed by atoms with Crippen molar-refractivity contribution >= 4 is 5.69 Å². The van der Waals surface area contributed by atoms with Crippen LogP contribution in [0.1, 0.15) is 18.1 Å². The summed E-state index contributed by atoms with van der Waals surface area (Å²) in [4.78, 5) is 0. The van der Waals surface area contributed by atoms with Crippen LogP contribution in [0.3, 0.4) is 0 Å². The van der Waals surface area contributed by atoms with Gasteiger partial charge in [-0.1, -0.05) is 35.9 Å². The smallest absolute Gasteiger partial charge is 0.122 e. The normalized spacial score (nSPS) is 13.5. The SMILES string of the molecule is COc1ccccc1CC(C)(CN)Nc1ccc(C)cc1. The van der Waals surface area contributed by atoms with Crippen LogP contribution >= 0.6 is 0 Å². The van der Waals surface area contributed by atoms with Crippen molar-refractivity contribution in [3.8, 4) is 5.75 Å². The van der Waals surface area contributed by atoms with Crippen LogP contribution in [0.4, 0.5) is 5.69 Å². The molecule has 3 heteroatoms. The van der Waals surface area contributed by atoms with Gasteiger partial charge in [-0.05, 0) is 44.0 Å². The number of nitrogens with two attached hydrogens (primary N) is 1. The van der Waals surface area contributed by atoms with E-state index < -0.39 is 0 Å². The van der Waals surface area contributed by atoms with Crippen molar-refractivity contribution in [2.75, 3.05) is 19.0 Å².